The van der Waals surface area contributed by atoms with E-state index in [9.17, 15) is 0 Å². The van der Waals surface area contributed by atoms with Gasteiger partial charge in [-0.1, -0.05) is 140 Å². The molecule has 0 radical (unpaired) electrons. The van der Waals surface area contributed by atoms with Crippen molar-refractivity contribution in [2.24, 2.45) is 0 Å². The Labute approximate surface area is 282 Å². The van der Waals surface area contributed by atoms with E-state index in [1.165, 1.54) is 86.1 Å². The minimum Gasteiger partial charge on any atom is -0.309 e. The third-order valence-electron chi connectivity index (χ3n) is 9.81. The minimum atomic E-state index is 1.16. The van der Waals surface area contributed by atoms with Crippen LogP contribution < -0.4 is 0 Å². The first kappa shape index (κ1) is 27.2. The topological polar surface area (TPSA) is 4.93 Å². The van der Waals surface area contributed by atoms with Crippen molar-refractivity contribution in [2.45, 2.75) is 0 Å². The van der Waals surface area contributed by atoms with Crippen LogP contribution in [0.5, 0.6) is 0 Å². The molecule has 2 heteroatoms. The van der Waals surface area contributed by atoms with Gasteiger partial charge in [0, 0.05) is 42.0 Å². The van der Waals surface area contributed by atoms with Crippen LogP contribution in [0.15, 0.2) is 176 Å². The zero-order valence-corrected chi connectivity index (χ0v) is 26.9. The molecule has 0 unspecified atom stereocenters. The molecule has 0 fully saturated rings. The molecule has 10 aromatic rings. The summed E-state index contributed by atoms with van der Waals surface area (Å²) in [5.41, 5.74) is 10.9. The maximum atomic E-state index is 2.44. The summed E-state index contributed by atoms with van der Waals surface area (Å²) in [7, 11) is 0. The number of nitrogens with zero attached hydrogens (tertiary/aromatic N) is 1. The number of fused-ring (bicyclic) bond motifs is 9. The normalized spacial score (nSPS) is 11.8. The molecule has 0 aliphatic rings. The molecular weight excluding hydrogens is 599 g/mol. The van der Waals surface area contributed by atoms with Gasteiger partial charge in [0.25, 0.3) is 0 Å². The molecule has 10 rings (SSSR count). The van der Waals surface area contributed by atoms with Crippen LogP contribution >= 0.6 is 11.3 Å². The van der Waals surface area contributed by atoms with Crippen LogP contribution in [0.4, 0.5) is 0 Å². The number of hydrogen-bond donors (Lipinski definition) is 0. The van der Waals surface area contributed by atoms with E-state index in [0.29, 0.717) is 0 Å². The predicted molar refractivity (Wildman–Crippen MR) is 207 cm³/mol. The first-order valence-electron chi connectivity index (χ1n) is 16.4. The molecule has 0 aliphatic heterocycles. The van der Waals surface area contributed by atoms with Crippen LogP contribution in [0.3, 0.4) is 0 Å². The van der Waals surface area contributed by atoms with E-state index in [0.717, 1.165) is 5.69 Å². The van der Waals surface area contributed by atoms with Gasteiger partial charge in [-0.05, 0) is 75.2 Å². The third-order valence-corrected chi connectivity index (χ3v) is 11.0. The third kappa shape index (κ3) is 4.17. The Hall–Kier alpha value is -5.96. The van der Waals surface area contributed by atoms with Crippen LogP contribution in [0.25, 0.3) is 91.8 Å². The van der Waals surface area contributed by atoms with Crippen LogP contribution in [-0.4, -0.2) is 4.57 Å². The van der Waals surface area contributed by atoms with Crippen molar-refractivity contribution in [1.29, 1.82) is 0 Å². The summed E-state index contributed by atoms with van der Waals surface area (Å²) in [6, 6.07) is 64.2. The molecule has 0 spiro atoms. The number of hydrogen-bond acceptors (Lipinski definition) is 1. The number of para-hydroxylation sites is 1. The Kier molecular flexibility index (Phi) is 6.12. The Morgan fingerprint density at radius 1 is 0.375 bits per heavy atom. The molecule has 0 bridgehead atoms. The zero-order valence-electron chi connectivity index (χ0n) is 26.1. The molecule has 0 aliphatic carbocycles. The van der Waals surface area contributed by atoms with Gasteiger partial charge in [0.1, 0.15) is 0 Å². The second-order valence-electron chi connectivity index (χ2n) is 12.5. The van der Waals surface area contributed by atoms with Gasteiger partial charge in [-0.25, -0.2) is 0 Å². The molecule has 8 aromatic carbocycles. The molecule has 2 heterocycles. The van der Waals surface area contributed by atoms with E-state index < -0.39 is 0 Å². The van der Waals surface area contributed by atoms with Gasteiger partial charge in [0.2, 0.25) is 0 Å². The molecule has 0 saturated heterocycles. The second-order valence-corrected chi connectivity index (χ2v) is 13.5. The number of thiophene rings is 1. The van der Waals surface area contributed by atoms with Gasteiger partial charge in [0.15, 0.2) is 0 Å². The van der Waals surface area contributed by atoms with E-state index in [4.69, 9.17) is 0 Å². The summed E-state index contributed by atoms with van der Waals surface area (Å²) in [4.78, 5) is 0. The van der Waals surface area contributed by atoms with Crippen molar-refractivity contribution in [3.63, 3.8) is 0 Å². The van der Waals surface area contributed by atoms with E-state index in [-0.39, 0.29) is 0 Å². The minimum absolute atomic E-state index is 1.16. The zero-order chi connectivity index (χ0) is 31.6. The van der Waals surface area contributed by atoms with Crippen molar-refractivity contribution in [3.8, 4) is 39.1 Å². The van der Waals surface area contributed by atoms with Gasteiger partial charge >= 0.3 is 0 Å². The van der Waals surface area contributed by atoms with Crippen molar-refractivity contribution in [3.05, 3.63) is 176 Å². The summed E-state index contributed by atoms with van der Waals surface area (Å²) in [5.74, 6) is 0. The molecule has 2 aromatic heterocycles. The molecular formula is C46H29NS. The fraction of sp³-hybridized carbons (Fsp3) is 0. The van der Waals surface area contributed by atoms with Crippen LogP contribution in [0, 0.1) is 0 Å². The van der Waals surface area contributed by atoms with Crippen molar-refractivity contribution >= 4 is 64.1 Å². The smallest absolute Gasteiger partial charge is 0.0548 e. The highest BCUT2D eigenvalue weighted by atomic mass is 32.1. The summed E-state index contributed by atoms with van der Waals surface area (Å²) in [6.07, 6.45) is 0. The molecule has 0 N–H and O–H groups in total. The molecule has 48 heavy (non-hydrogen) atoms. The average molecular weight is 628 g/mol. The maximum absolute atomic E-state index is 2.44. The Morgan fingerprint density at radius 3 is 1.83 bits per heavy atom. The Morgan fingerprint density at radius 2 is 1.02 bits per heavy atom. The Bertz CT molecular complexity index is 2800. The summed E-state index contributed by atoms with van der Waals surface area (Å²) < 4.78 is 5.14. The monoisotopic (exact) mass is 627 g/mol. The van der Waals surface area contributed by atoms with Gasteiger partial charge < -0.3 is 4.57 Å². The lowest BCUT2D eigenvalue weighted by Crippen LogP contribution is -1.94. The average Bonchev–Trinajstić information content (AvgIpc) is 3.71. The largest absolute Gasteiger partial charge is 0.309 e. The van der Waals surface area contributed by atoms with Gasteiger partial charge in [-0.2, -0.15) is 0 Å². The lowest BCUT2D eigenvalue weighted by Gasteiger charge is -2.15. The first-order chi connectivity index (χ1) is 23.8. The van der Waals surface area contributed by atoms with Gasteiger partial charge in [-0.3, -0.25) is 0 Å². The fourth-order valence-corrected chi connectivity index (χ4v) is 8.85. The maximum Gasteiger partial charge on any atom is 0.0548 e. The van der Waals surface area contributed by atoms with Gasteiger partial charge in [0.05, 0.1) is 11.0 Å². The highest BCUT2D eigenvalue weighted by Crippen LogP contribution is 2.44. The van der Waals surface area contributed by atoms with Gasteiger partial charge in [-0.15, -0.1) is 11.3 Å². The molecule has 0 saturated carbocycles. The number of rotatable bonds is 4. The first-order valence-corrected chi connectivity index (χ1v) is 17.3. The summed E-state index contributed by atoms with van der Waals surface area (Å²) >= 11 is 1.91. The molecule has 224 valence electrons. The quantitative estimate of drug-likeness (QED) is 0.183. The molecule has 0 atom stereocenters. The molecule has 0 amide bonds. The van der Waals surface area contributed by atoms with E-state index in [1.807, 2.05) is 11.3 Å². The Balaban J connectivity index is 1.18. The van der Waals surface area contributed by atoms with E-state index >= 15 is 0 Å². The number of aromatic nitrogens is 1. The predicted octanol–water partition coefficient (Wildman–Crippen LogP) is 13.3. The standard InChI is InChI=1S/C46H29NS/c1-3-11-30(12-4-1)34-22-26-36(31-13-5-2-6-14-31)40(29-34)32-19-24-35(25-20-32)47-41-17-9-7-16-39(41)45-42(47)28-23-33-21-27-38-37-15-8-10-18-43(37)48-46(38)44(33)45/h1-29H. The van der Waals surface area contributed by atoms with E-state index in [1.54, 1.807) is 0 Å². The number of benzene rings is 8. The SMILES string of the molecule is c1ccc(-c2ccc(-c3ccccc3)c(-c3ccc(-n4c5ccccc5c5c6c(ccc7c8ccccc8sc76)ccc54)cc3)c2)cc1. The molecule has 1 nitrogen and oxygen atoms in total. The fourth-order valence-electron chi connectivity index (χ4n) is 7.58. The van der Waals surface area contributed by atoms with Crippen molar-refractivity contribution < 1.29 is 0 Å². The van der Waals surface area contributed by atoms with Crippen molar-refractivity contribution in [2.75, 3.05) is 0 Å². The van der Waals surface area contributed by atoms with Crippen LogP contribution in [0.2, 0.25) is 0 Å². The lowest BCUT2D eigenvalue weighted by molar-refractivity contribution is 1.18. The van der Waals surface area contributed by atoms with Crippen LogP contribution in [0.1, 0.15) is 0 Å². The highest BCUT2D eigenvalue weighted by Gasteiger charge is 2.18. The van der Waals surface area contributed by atoms with E-state index in [2.05, 4.69) is 180 Å². The lowest BCUT2D eigenvalue weighted by atomic mass is 9.91. The second kappa shape index (κ2) is 10.8. The summed E-state index contributed by atoms with van der Waals surface area (Å²) in [5, 5.41) is 7.92. The van der Waals surface area contributed by atoms with Crippen LogP contribution in [-0.2, 0) is 0 Å². The highest BCUT2D eigenvalue weighted by molar-refractivity contribution is 7.26. The van der Waals surface area contributed by atoms with Crippen molar-refractivity contribution in [1.82, 2.24) is 4.57 Å². The summed E-state index contributed by atoms with van der Waals surface area (Å²) in [6.45, 7) is 0.